The predicted octanol–water partition coefficient (Wildman–Crippen LogP) is 1.56. The minimum Gasteiger partial charge on any atom is -0.482 e. The summed E-state index contributed by atoms with van der Waals surface area (Å²) in [6.07, 6.45) is 0. The van der Waals surface area contributed by atoms with Crippen LogP contribution < -0.4 is 4.74 Å². The van der Waals surface area contributed by atoms with Gasteiger partial charge in [0.25, 0.3) is 0 Å². The topological polar surface area (TPSA) is 55.8 Å². The van der Waals surface area contributed by atoms with Gasteiger partial charge in [-0.2, -0.15) is 0 Å². The third-order valence-electron chi connectivity index (χ3n) is 1.84. The summed E-state index contributed by atoms with van der Waals surface area (Å²) in [5.74, 6) is 0.0775. The smallest absolute Gasteiger partial charge is 0.344 e. The molecule has 0 saturated heterocycles. The Labute approximate surface area is 98.7 Å². The number of aryl methyl sites for hydroxylation is 1. The number of benzene rings is 1. The first-order valence-corrected chi connectivity index (χ1v) is 5.16. The molecule has 0 aromatic heterocycles. The Balaban J connectivity index is 2.45. The van der Waals surface area contributed by atoms with Crippen LogP contribution in [0.3, 0.4) is 0 Å². The highest BCUT2D eigenvalue weighted by Crippen LogP contribution is 2.21. The van der Waals surface area contributed by atoms with Crippen molar-refractivity contribution in [2.45, 2.75) is 6.92 Å². The van der Waals surface area contributed by atoms with Gasteiger partial charge in [-0.05, 0) is 30.7 Å². The number of carbonyl (C=O) groups excluding carboxylic acids is 1. The zero-order valence-corrected chi connectivity index (χ0v) is 9.66. The Morgan fingerprint density at radius 2 is 2.25 bits per heavy atom. The average Bonchev–Trinajstić information content (AvgIpc) is 2.25. The maximum Gasteiger partial charge on any atom is 0.344 e. The molecule has 88 valence electrons. The summed E-state index contributed by atoms with van der Waals surface area (Å²) in [7, 11) is 0. The number of halogens is 1. The van der Waals surface area contributed by atoms with Crippen LogP contribution >= 0.6 is 11.6 Å². The Hall–Kier alpha value is -1.26. The maximum atomic E-state index is 11.1. The second kappa shape index (κ2) is 6.35. The third-order valence-corrected chi connectivity index (χ3v) is 2.07. The highest BCUT2D eigenvalue weighted by Gasteiger charge is 2.05. The second-order valence-corrected chi connectivity index (χ2v) is 3.58. The molecule has 0 bridgehead atoms. The standard InChI is InChI=1S/C11H13ClO4/c1-8-6-9(12)2-3-10(8)16-7-11(14)15-5-4-13/h2-3,6,13H,4-5,7H2,1H3. The number of hydrogen-bond acceptors (Lipinski definition) is 4. The highest BCUT2D eigenvalue weighted by molar-refractivity contribution is 6.30. The van der Waals surface area contributed by atoms with Crippen LogP contribution in [0, 0.1) is 6.92 Å². The molecule has 0 aliphatic rings. The van der Waals surface area contributed by atoms with E-state index >= 15 is 0 Å². The van der Waals surface area contributed by atoms with Gasteiger partial charge in [0.2, 0.25) is 0 Å². The van der Waals surface area contributed by atoms with Gasteiger partial charge in [-0.25, -0.2) is 4.79 Å². The fraction of sp³-hybridized carbons (Fsp3) is 0.364. The van der Waals surface area contributed by atoms with Crippen molar-refractivity contribution in [3.8, 4) is 5.75 Å². The van der Waals surface area contributed by atoms with Crippen LogP contribution in [0.5, 0.6) is 5.75 Å². The summed E-state index contributed by atoms with van der Waals surface area (Å²) in [5, 5.41) is 9.06. The lowest BCUT2D eigenvalue weighted by Gasteiger charge is -2.08. The lowest BCUT2D eigenvalue weighted by molar-refractivity contribution is -0.146. The molecule has 16 heavy (non-hydrogen) atoms. The Bertz CT molecular complexity index is 365. The van der Waals surface area contributed by atoms with E-state index in [4.69, 9.17) is 21.4 Å². The van der Waals surface area contributed by atoms with Crippen LogP contribution in [0.25, 0.3) is 0 Å². The molecule has 0 atom stereocenters. The van der Waals surface area contributed by atoms with Gasteiger partial charge in [-0.15, -0.1) is 0 Å². The van der Waals surface area contributed by atoms with E-state index in [1.54, 1.807) is 18.2 Å². The molecule has 0 heterocycles. The van der Waals surface area contributed by atoms with Crippen molar-refractivity contribution < 1.29 is 19.4 Å². The average molecular weight is 245 g/mol. The Morgan fingerprint density at radius 3 is 2.88 bits per heavy atom. The van der Waals surface area contributed by atoms with Gasteiger partial charge in [0.1, 0.15) is 12.4 Å². The van der Waals surface area contributed by atoms with Gasteiger partial charge in [-0.1, -0.05) is 11.6 Å². The summed E-state index contributed by atoms with van der Waals surface area (Å²) in [6, 6.07) is 5.12. The molecule has 1 aromatic carbocycles. The number of aliphatic hydroxyl groups excluding tert-OH is 1. The van der Waals surface area contributed by atoms with E-state index in [0.29, 0.717) is 10.8 Å². The van der Waals surface area contributed by atoms with Crippen molar-refractivity contribution in [3.05, 3.63) is 28.8 Å². The molecule has 0 radical (unpaired) electrons. The lowest BCUT2D eigenvalue weighted by atomic mass is 10.2. The molecule has 0 unspecified atom stereocenters. The first-order valence-electron chi connectivity index (χ1n) is 4.79. The Morgan fingerprint density at radius 1 is 1.50 bits per heavy atom. The minimum atomic E-state index is -0.511. The first-order chi connectivity index (χ1) is 7.63. The van der Waals surface area contributed by atoms with E-state index in [0.717, 1.165) is 5.56 Å². The second-order valence-electron chi connectivity index (χ2n) is 3.14. The van der Waals surface area contributed by atoms with Gasteiger partial charge < -0.3 is 14.6 Å². The molecule has 0 aliphatic heterocycles. The van der Waals surface area contributed by atoms with Crippen LogP contribution in [0.4, 0.5) is 0 Å². The summed E-state index contributed by atoms with van der Waals surface area (Å²) in [5.41, 5.74) is 0.849. The normalized spacial score (nSPS) is 9.94. The molecular weight excluding hydrogens is 232 g/mol. The molecule has 0 fully saturated rings. The third kappa shape index (κ3) is 4.08. The molecule has 4 nitrogen and oxygen atoms in total. The Kier molecular flexibility index (Phi) is 5.08. The predicted molar refractivity (Wildman–Crippen MR) is 59.7 cm³/mol. The number of hydrogen-bond donors (Lipinski definition) is 1. The molecule has 0 aliphatic carbocycles. The summed E-state index contributed by atoms with van der Waals surface area (Å²) in [4.78, 5) is 11.1. The van der Waals surface area contributed by atoms with Gasteiger partial charge in [0, 0.05) is 5.02 Å². The summed E-state index contributed by atoms with van der Waals surface area (Å²) in [6.45, 7) is 1.45. The molecule has 0 amide bonds. The molecule has 0 spiro atoms. The number of esters is 1. The molecule has 1 aromatic rings. The summed E-state index contributed by atoms with van der Waals surface area (Å²) < 4.78 is 9.87. The molecule has 1 N–H and O–H groups in total. The molecule has 0 saturated carbocycles. The fourth-order valence-corrected chi connectivity index (χ4v) is 1.34. The van der Waals surface area contributed by atoms with E-state index in [2.05, 4.69) is 4.74 Å². The zero-order chi connectivity index (χ0) is 12.0. The van der Waals surface area contributed by atoms with E-state index < -0.39 is 5.97 Å². The minimum absolute atomic E-state index is 0.0121. The number of aliphatic hydroxyl groups is 1. The van der Waals surface area contributed by atoms with Crippen molar-refractivity contribution >= 4 is 17.6 Å². The van der Waals surface area contributed by atoms with E-state index in [1.807, 2.05) is 6.92 Å². The number of carbonyl (C=O) groups is 1. The van der Waals surface area contributed by atoms with Gasteiger partial charge >= 0.3 is 5.97 Å². The van der Waals surface area contributed by atoms with Crippen molar-refractivity contribution in [2.75, 3.05) is 19.8 Å². The van der Waals surface area contributed by atoms with Crippen LogP contribution in [0.2, 0.25) is 5.02 Å². The van der Waals surface area contributed by atoms with Crippen molar-refractivity contribution in [1.29, 1.82) is 0 Å². The van der Waals surface area contributed by atoms with Crippen LogP contribution in [0.15, 0.2) is 18.2 Å². The lowest BCUT2D eigenvalue weighted by Crippen LogP contribution is -2.17. The van der Waals surface area contributed by atoms with Crippen molar-refractivity contribution in [2.24, 2.45) is 0 Å². The molecular formula is C11H13ClO4. The SMILES string of the molecule is Cc1cc(Cl)ccc1OCC(=O)OCCO. The largest absolute Gasteiger partial charge is 0.482 e. The fourth-order valence-electron chi connectivity index (χ4n) is 1.11. The quantitative estimate of drug-likeness (QED) is 0.799. The van der Waals surface area contributed by atoms with Crippen LogP contribution in [-0.2, 0) is 9.53 Å². The van der Waals surface area contributed by atoms with Crippen LogP contribution in [0.1, 0.15) is 5.56 Å². The first kappa shape index (κ1) is 12.8. The highest BCUT2D eigenvalue weighted by atomic mass is 35.5. The molecule has 5 heteroatoms. The zero-order valence-electron chi connectivity index (χ0n) is 8.90. The van der Waals surface area contributed by atoms with Gasteiger partial charge in [0.05, 0.1) is 6.61 Å². The monoisotopic (exact) mass is 244 g/mol. The maximum absolute atomic E-state index is 11.1. The van der Waals surface area contributed by atoms with Gasteiger partial charge in [-0.3, -0.25) is 0 Å². The summed E-state index contributed by atoms with van der Waals surface area (Å²) >= 11 is 5.77. The van der Waals surface area contributed by atoms with Gasteiger partial charge in [0.15, 0.2) is 6.61 Å². The molecule has 1 rings (SSSR count). The van der Waals surface area contributed by atoms with Crippen LogP contribution in [-0.4, -0.2) is 30.9 Å². The number of ether oxygens (including phenoxy) is 2. The number of rotatable bonds is 5. The van der Waals surface area contributed by atoms with Crippen molar-refractivity contribution in [3.63, 3.8) is 0 Å². The van der Waals surface area contributed by atoms with E-state index in [-0.39, 0.29) is 19.8 Å². The van der Waals surface area contributed by atoms with E-state index in [9.17, 15) is 4.79 Å². The van der Waals surface area contributed by atoms with E-state index in [1.165, 1.54) is 0 Å². The van der Waals surface area contributed by atoms with Crippen molar-refractivity contribution in [1.82, 2.24) is 0 Å².